The average Bonchev–Trinajstić information content (AvgIpc) is 2.30. The van der Waals surface area contributed by atoms with Crippen LogP contribution >= 0.6 is 0 Å². The van der Waals surface area contributed by atoms with Crippen LogP contribution in [0.5, 0.6) is 0 Å². The second kappa shape index (κ2) is 3.26. The van der Waals surface area contributed by atoms with Crippen molar-refractivity contribution in [1.29, 1.82) is 0 Å². The van der Waals surface area contributed by atoms with Crippen LogP contribution in [0, 0.1) is 0 Å². The Labute approximate surface area is 89.6 Å². The van der Waals surface area contributed by atoms with Crippen molar-refractivity contribution in [3.63, 3.8) is 0 Å². The molecule has 0 fully saturated rings. The monoisotopic (exact) mass is 201 g/mol. The topological polar surface area (TPSA) is 41.6 Å². The van der Waals surface area contributed by atoms with Crippen molar-refractivity contribution in [2.75, 3.05) is 18.0 Å². The molecular weight excluding hydrogens is 186 g/mol. The lowest BCUT2D eigenvalue weighted by molar-refractivity contribution is 0.688. The fourth-order valence-electron chi connectivity index (χ4n) is 2.70. The van der Waals surface area contributed by atoms with Gasteiger partial charge in [-0.15, -0.1) is 0 Å². The molecule has 0 radical (unpaired) electrons. The summed E-state index contributed by atoms with van der Waals surface area (Å²) < 4.78 is 0. The van der Waals surface area contributed by atoms with Crippen LogP contribution < -0.4 is 10.7 Å². The molecule has 15 heavy (non-hydrogen) atoms. The Bertz CT molecular complexity index is 423. The molecule has 2 heterocycles. The van der Waals surface area contributed by atoms with Crippen LogP contribution in [0.1, 0.15) is 24.0 Å². The van der Waals surface area contributed by atoms with E-state index in [1.807, 2.05) is 0 Å². The van der Waals surface area contributed by atoms with Gasteiger partial charge in [0.1, 0.15) is 0 Å². The molecule has 3 nitrogen and oxygen atoms in total. The molecule has 0 aromatic heterocycles. The molecule has 0 saturated carbocycles. The van der Waals surface area contributed by atoms with Crippen molar-refractivity contribution in [3.05, 3.63) is 29.3 Å². The lowest BCUT2D eigenvalue weighted by atomic mass is 9.91. The predicted octanol–water partition coefficient (Wildman–Crippen LogP) is 1.51. The zero-order chi connectivity index (χ0) is 10.3. The largest absolute Gasteiger partial charge is 0.370 e. The first-order chi connectivity index (χ1) is 7.40. The van der Waals surface area contributed by atoms with Crippen molar-refractivity contribution in [2.24, 2.45) is 10.9 Å². The summed E-state index contributed by atoms with van der Waals surface area (Å²) in [6.07, 6.45) is 3.44. The normalized spacial score (nSPS) is 21.6. The average molecular weight is 201 g/mol. The Morgan fingerprint density at radius 2 is 2.13 bits per heavy atom. The van der Waals surface area contributed by atoms with E-state index in [9.17, 15) is 0 Å². The van der Waals surface area contributed by atoms with E-state index < -0.39 is 0 Å². The molecule has 3 rings (SSSR count). The van der Waals surface area contributed by atoms with Crippen molar-refractivity contribution in [2.45, 2.75) is 19.3 Å². The highest BCUT2D eigenvalue weighted by Gasteiger charge is 2.26. The maximum Gasteiger partial charge on any atom is 0.0711 e. The Balaban J connectivity index is 2.22. The summed E-state index contributed by atoms with van der Waals surface area (Å²) in [6.45, 7) is 2.25. The molecule has 1 aromatic rings. The summed E-state index contributed by atoms with van der Waals surface area (Å²) in [6, 6.07) is 6.49. The van der Waals surface area contributed by atoms with E-state index in [-0.39, 0.29) is 0 Å². The molecule has 0 atom stereocenters. The number of aryl methyl sites for hydroxylation is 1. The van der Waals surface area contributed by atoms with Gasteiger partial charge in [0.05, 0.1) is 5.71 Å². The maximum absolute atomic E-state index is 5.44. The van der Waals surface area contributed by atoms with Gasteiger partial charge in [-0.05, 0) is 18.4 Å². The first kappa shape index (κ1) is 8.77. The van der Waals surface area contributed by atoms with E-state index in [2.05, 4.69) is 28.2 Å². The van der Waals surface area contributed by atoms with E-state index in [0.717, 1.165) is 18.7 Å². The molecule has 0 saturated heterocycles. The van der Waals surface area contributed by atoms with Crippen LogP contribution in [0.15, 0.2) is 23.3 Å². The molecule has 0 aliphatic carbocycles. The summed E-state index contributed by atoms with van der Waals surface area (Å²) in [5.41, 5.74) is 5.16. The van der Waals surface area contributed by atoms with Gasteiger partial charge in [-0.2, -0.15) is 5.10 Å². The highest BCUT2D eigenvalue weighted by molar-refractivity contribution is 6.07. The van der Waals surface area contributed by atoms with E-state index in [4.69, 9.17) is 5.84 Å². The number of hydrogen-bond acceptors (Lipinski definition) is 3. The van der Waals surface area contributed by atoms with Crippen LogP contribution in [0.25, 0.3) is 0 Å². The summed E-state index contributed by atoms with van der Waals surface area (Å²) in [7, 11) is 0. The Kier molecular flexibility index (Phi) is 1.91. The number of benzene rings is 1. The highest BCUT2D eigenvalue weighted by Crippen LogP contribution is 2.34. The zero-order valence-electron chi connectivity index (χ0n) is 8.74. The van der Waals surface area contributed by atoms with Gasteiger partial charge in [0.15, 0.2) is 0 Å². The van der Waals surface area contributed by atoms with E-state index in [0.29, 0.717) is 0 Å². The van der Waals surface area contributed by atoms with Crippen molar-refractivity contribution >= 4 is 11.4 Å². The molecule has 0 unspecified atom stereocenters. The highest BCUT2D eigenvalue weighted by atomic mass is 15.2. The van der Waals surface area contributed by atoms with Crippen LogP contribution in [-0.2, 0) is 6.42 Å². The van der Waals surface area contributed by atoms with E-state index >= 15 is 0 Å². The second-order valence-corrected chi connectivity index (χ2v) is 4.23. The molecule has 78 valence electrons. The summed E-state index contributed by atoms with van der Waals surface area (Å²) >= 11 is 0. The van der Waals surface area contributed by atoms with Gasteiger partial charge in [-0.3, -0.25) is 0 Å². The number of anilines is 1. The fraction of sp³-hybridized carbons (Fsp3) is 0.417. The smallest absolute Gasteiger partial charge is 0.0711 e. The summed E-state index contributed by atoms with van der Waals surface area (Å²) in [4.78, 5) is 2.48. The van der Waals surface area contributed by atoms with Crippen LogP contribution in [-0.4, -0.2) is 18.8 Å². The summed E-state index contributed by atoms with van der Waals surface area (Å²) in [5.74, 6) is 5.44. The molecule has 0 amide bonds. The molecule has 2 aliphatic heterocycles. The number of para-hydroxylation sites is 1. The fourth-order valence-corrected chi connectivity index (χ4v) is 2.70. The minimum atomic E-state index is 0.979. The number of nitrogens with zero attached hydrogens (tertiary/aromatic N) is 2. The standard InChI is InChI=1S/C12H15N3/c13-14-11-6-8-15-7-2-4-9-3-1-5-10(11)12(9)15/h1,3,5H,2,4,6-8,13H2/b14-11+. The quantitative estimate of drug-likeness (QED) is 0.510. The van der Waals surface area contributed by atoms with Gasteiger partial charge >= 0.3 is 0 Å². The Morgan fingerprint density at radius 3 is 3.00 bits per heavy atom. The molecule has 0 bridgehead atoms. The zero-order valence-corrected chi connectivity index (χ0v) is 8.74. The van der Waals surface area contributed by atoms with Gasteiger partial charge in [-0.1, -0.05) is 18.2 Å². The first-order valence-electron chi connectivity index (χ1n) is 5.54. The number of nitrogens with two attached hydrogens (primary N) is 1. The van der Waals surface area contributed by atoms with Crippen molar-refractivity contribution in [1.82, 2.24) is 0 Å². The first-order valence-corrected chi connectivity index (χ1v) is 5.54. The van der Waals surface area contributed by atoms with Crippen molar-refractivity contribution in [3.8, 4) is 0 Å². The van der Waals surface area contributed by atoms with Gasteiger partial charge in [0.2, 0.25) is 0 Å². The van der Waals surface area contributed by atoms with Crippen LogP contribution in [0.2, 0.25) is 0 Å². The van der Waals surface area contributed by atoms with Gasteiger partial charge in [0.25, 0.3) is 0 Å². The van der Waals surface area contributed by atoms with E-state index in [1.165, 1.54) is 36.2 Å². The summed E-state index contributed by atoms with van der Waals surface area (Å²) in [5, 5.41) is 3.91. The SMILES string of the molecule is N/N=C1\CCN2CCCc3cccc1c32. The Morgan fingerprint density at radius 1 is 1.20 bits per heavy atom. The van der Waals surface area contributed by atoms with Gasteiger partial charge < -0.3 is 10.7 Å². The third kappa shape index (κ3) is 1.23. The molecule has 2 N–H and O–H groups in total. The lowest BCUT2D eigenvalue weighted by Gasteiger charge is -2.36. The molecule has 0 spiro atoms. The third-order valence-electron chi connectivity index (χ3n) is 3.40. The van der Waals surface area contributed by atoms with Gasteiger partial charge in [-0.25, -0.2) is 0 Å². The van der Waals surface area contributed by atoms with Crippen LogP contribution in [0.4, 0.5) is 5.69 Å². The number of hydrogen-bond donors (Lipinski definition) is 1. The molecular formula is C12H15N3. The maximum atomic E-state index is 5.44. The Hall–Kier alpha value is -1.51. The number of rotatable bonds is 0. The van der Waals surface area contributed by atoms with Crippen LogP contribution in [0.3, 0.4) is 0 Å². The molecule has 1 aromatic carbocycles. The second-order valence-electron chi connectivity index (χ2n) is 4.23. The lowest BCUT2D eigenvalue weighted by Crippen LogP contribution is -2.37. The molecule has 3 heteroatoms. The number of hydrazone groups is 1. The molecule has 2 aliphatic rings. The minimum Gasteiger partial charge on any atom is -0.370 e. The van der Waals surface area contributed by atoms with E-state index in [1.54, 1.807) is 0 Å². The van der Waals surface area contributed by atoms with Gasteiger partial charge in [0, 0.05) is 30.8 Å². The third-order valence-corrected chi connectivity index (χ3v) is 3.40. The minimum absolute atomic E-state index is 0.979. The predicted molar refractivity (Wildman–Crippen MR) is 62.3 cm³/mol. The van der Waals surface area contributed by atoms with Crippen molar-refractivity contribution < 1.29 is 0 Å².